The molecule has 0 saturated heterocycles. The quantitative estimate of drug-likeness (QED) is 0.671. The van der Waals surface area contributed by atoms with E-state index in [0.717, 1.165) is 11.3 Å². The predicted molar refractivity (Wildman–Crippen MR) is 101 cm³/mol. The molecule has 0 atom stereocenters. The zero-order valence-corrected chi connectivity index (χ0v) is 13.9. The van der Waals surface area contributed by atoms with Gasteiger partial charge in [0.1, 0.15) is 5.69 Å². The summed E-state index contributed by atoms with van der Waals surface area (Å²) >= 11 is 0. The zero-order valence-electron chi connectivity index (χ0n) is 13.9. The highest BCUT2D eigenvalue weighted by molar-refractivity contribution is 5.66. The molecule has 3 aromatic rings. The number of pyridine rings is 2. The van der Waals surface area contributed by atoms with E-state index in [0.29, 0.717) is 12.2 Å². The lowest BCUT2D eigenvalue weighted by Crippen LogP contribution is -2.31. The van der Waals surface area contributed by atoms with E-state index < -0.39 is 5.95 Å². The molecule has 5 heteroatoms. The lowest BCUT2D eigenvalue weighted by molar-refractivity contribution is 0.593. The van der Waals surface area contributed by atoms with Crippen LogP contribution in [-0.2, 0) is 0 Å². The number of benzene rings is 1. The monoisotopic (exact) mass is 345 g/mol. The van der Waals surface area contributed by atoms with E-state index in [-0.39, 0.29) is 11.2 Å². The van der Waals surface area contributed by atoms with Crippen molar-refractivity contribution in [3.05, 3.63) is 102 Å². The summed E-state index contributed by atoms with van der Waals surface area (Å²) in [4.78, 5) is 18.8. The fourth-order valence-corrected chi connectivity index (χ4v) is 2.92. The number of halogens is 1. The molecule has 0 aliphatic carbocycles. The molecule has 0 unspecified atom stereocenters. The molecule has 1 aromatic carbocycles. The summed E-state index contributed by atoms with van der Waals surface area (Å²) in [5.74, 6) is -0.456. The molecule has 3 heterocycles. The first-order valence-corrected chi connectivity index (χ1v) is 8.27. The van der Waals surface area contributed by atoms with Gasteiger partial charge in [-0.05, 0) is 36.4 Å². The van der Waals surface area contributed by atoms with Gasteiger partial charge < -0.3 is 4.90 Å². The first kappa shape index (κ1) is 16.0. The van der Waals surface area contributed by atoms with Gasteiger partial charge in [-0.25, -0.2) is 0 Å². The second-order valence-electron chi connectivity index (χ2n) is 5.87. The highest BCUT2D eigenvalue weighted by atomic mass is 19.1. The van der Waals surface area contributed by atoms with Gasteiger partial charge >= 0.3 is 0 Å². The number of nitrogens with zero attached hydrogens (tertiary/aromatic N) is 3. The maximum absolute atomic E-state index is 14.4. The third-order valence-corrected chi connectivity index (χ3v) is 4.20. The maximum Gasteiger partial charge on any atom is 0.279 e. The van der Waals surface area contributed by atoms with Crippen LogP contribution in [0, 0.1) is 0 Å². The van der Waals surface area contributed by atoms with Gasteiger partial charge in [0.2, 0.25) is 0 Å². The molecule has 0 saturated carbocycles. The molecule has 0 spiro atoms. The number of rotatable bonds is 3. The summed E-state index contributed by atoms with van der Waals surface area (Å²) < 4.78 is 15.9. The van der Waals surface area contributed by atoms with Crippen LogP contribution in [0.2, 0.25) is 0 Å². The molecule has 0 N–H and O–H groups in total. The van der Waals surface area contributed by atoms with Gasteiger partial charge in [0.25, 0.3) is 5.56 Å². The Bertz CT molecular complexity index is 1040. The average Bonchev–Trinajstić information content (AvgIpc) is 2.70. The van der Waals surface area contributed by atoms with Gasteiger partial charge in [-0.1, -0.05) is 36.4 Å². The van der Waals surface area contributed by atoms with Crippen LogP contribution in [0.15, 0.2) is 96.0 Å². The van der Waals surface area contributed by atoms with E-state index in [2.05, 4.69) is 4.98 Å². The molecule has 0 fully saturated rings. The van der Waals surface area contributed by atoms with Crippen molar-refractivity contribution in [2.24, 2.45) is 0 Å². The van der Waals surface area contributed by atoms with E-state index >= 15 is 0 Å². The lowest BCUT2D eigenvalue weighted by Gasteiger charge is -2.24. The van der Waals surface area contributed by atoms with Gasteiger partial charge in [-0.15, -0.1) is 0 Å². The van der Waals surface area contributed by atoms with E-state index in [9.17, 15) is 9.18 Å². The minimum atomic E-state index is -0.456. The normalized spacial score (nSPS) is 13.6. The van der Waals surface area contributed by atoms with Crippen molar-refractivity contribution in [2.75, 3.05) is 11.4 Å². The van der Waals surface area contributed by atoms with Crippen molar-refractivity contribution in [2.45, 2.75) is 0 Å². The summed E-state index contributed by atoms with van der Waals surface area (Å²) in [6, 6.07) is 16.6. The molecular formula is C21H16FN3O. The van der Waals surface area contributed by atoms with Crippen molar-refractivity contribution in [3.8, 4) is 16.9 Å². The van der Waals surface area contributed by atoms with Gasteiger partial charge in [0, 0.05) is 30.2 Å². The molecular weight excluding hydrogens is 329 g/mol. The largest absolute Gasteiger partial charge is 0.310 e. The summed E-state index contributed by atoms with van der Waals surface area (Å²) in [5, 5.41) is 0. The predicted octanol–water partition coefficient (Wildman–Crippen LogP) is 4.09. The fraction of sp³-hybridized carbons (Fsp3) is 0.0476. The highest BCUT2D eigenvalue weighted by Gasteiger charge is 2.19. The topological polar surface area (TPSA) is 38.1 Å². The molecule has 4 rings (SSSR count). The Hall–Kier alpha value is -3.47. The van der Waals surface area contributed by atoms with Crippen molar-refractivity contribution in [3.63, 3.8) is 0 Å². The van der Waals surface area contributed by atoms with Crippen LogP contribution >= 0.6 is 0 Å². The van der Waals surface area contributed by atoms with Crippen LogP contribution in [0.3, 0.4) is 0 Å². The van der Waals surface area contributed by atoms with Crippen LogP contribution in [0.25, 0.3) is 16.9 Å². The van der Waals surface area contributed by atoms with Gasteiger partial charge in [0.05, 0.1) is 5.69 Å². The van der Waals surface area contributed by atoms with Crippen LogP contribution in [-0.4, -0.2) is 16.1 Å². The van der Waals surface area contributed by atoms with Crippen molar-refractivity contribution in [1.29, 1.82) is 0 Å². The Kier molecular flexibility index (Phi) is 4.19. The molecule has 0 bridgehead atoms. The van der Waals surface area contributed by atoms with Gasteiger partial charge in [-0.3, -0.25) is 14.3 Å². The fourth-order valence-electron chi connectivity index (χ4n) is 2.92. The first-order chi connectivity index (χ1) is 12.7. The summed E-state index contributed by atoms with van der Waals surface area (Å²) in [6.45, 7) is 0.304. The number of hydrogen-bond donors (Lipinski definition) is 0. The smallest absolute Gasteiger partial charge is 0.279 e. The van der Waals surface area contributed by atoms with Gasteiger partial charge in [0.15, 0.2) is 5.95 Å². The van der Waals surface area contributed by atoms with E-state index in [4.69, 9.17) is 0 Å². The Morgan fingerprint density at radius 3 is 2.58 bits per heavy atom. The molecule has 128 valence electrons. The Labute approximate surface area is 150 Å². The lowest BCUT2D eigenvalue weighted by atomic mass is 10.1. The minimum absolute atomic E-state index is 0.273. The third-order valence-electron chi connectivity index (χ3n) is 4.20. The number of para-hydroxylation sites is 1. The molecule has 1 aliphatic heterocycles. The SMILES string of the molecule is O=c1c(N2CC=CC=C2F)cc(-c2ccccn2)cn1-c1ccccc1. The number of allylic oxidation sites excluding steroid dienone is 2. The van der Waals surface area contributed by atoms with E-state index in [1.165, 1.54) is 15.5 Å². The minimum Gasteiger partial charge on any atom is -0.310 e. The zero-order chi connectivity index (χ0) is 17.9. The third kappa shape index (κ3) is 2.95. The Morgan fingerprint density at radius 2 is 1.85 bits per heavy atom. The van der Waals surface area contributed by atoms with Crippen LogP contribution in [0.4, 0.5) is 10.1 Å². The van der Waals surface area contributed by atoms with Crippen molar-refractivity contribution in [1.82, 2.24) is 9.55 Å². The maximum atomic E-state index is 14.4. The van der Waals surface area contributed by atoms with Crippen LogP contribution < -0.4 is 10.5 Å². The Morgan fingerprint density at radius 1 is 1.04 bits per heavy atom. The summed E-state index contributed by atoms with van der Waals surface area (Å²) in [7, 11) is 0. The Balaban J connectivity index is 1.95. The summed E-state index contributed by atoms with van der Waals surface area (Å²) in [5.41, 5.74) is 2.17. The standard InChI is InChI=1S/C21H16FN3O/c22-20-11-5-7-13-24(20)19-14-16(18-10-4-6-12-23-18)15-25(21(19)26)17-8-2-1-3-9-17/h1-12,14-15H,13H2. The number of hydrogen-bond acceptors (Lipinski definition) is 3. The summed E-state index contributed by atoms with van der Waals surface area (Å²) in [6.07, 6.45) is 8.23. The van der Waals surface area contributed by atoms with E-state index in [1.54, 1.807) is 24.5 Å². The van der Waals surface area contributed by atoms with Crippen molar-refractivity contribution < 1.29 is 4.39 Å². The molecule has 26 heavy (non-hydrogen) atoms. The second kappa shape index (κ2) is 6.80. The molecule has 2 aromatic heterocycles. The number of aromatic nitrogens is 2. The van der Waals surface area contributed by atoms with Crippen molar-refractivity contribution >= 4 is 5.69 Å². The number of anilines is 1. The molecule has 1 aliphatic rings. The second-order valence-corrected chi connectivity index (χ2v) is 5.87. The first-order valence-electron chi connectivity index (χ1n) is 8.27. The highest BCUT2D eigenvalue weighted by Crippen LogP contribution is 2.25. The van der Waals surface area contributed by atoms with Crippen LogP contribution in [0.1, 0.15) is 0 Å². The van der Waals surface area contributed by atoms with Gasteiger partial charge in [-0.2, -0.15) is 4.39 Å². The van der Waals surface area contributed by atoms with E-state index in [1.807, 2.05) is 54.6 Å². The molecule has 0 amide bonds. The molecule has 4 nitrogen and oxygen atoms in total. The van der Waals surface area contributed by atoms with Crippen LogP contribution in [0.5, 0.6) is 0 Å². The molecule has 0 radical (unpaired) electrons. The average molecular weight is 345 g/mol.